The van der Waals surface area contributed by atoms with E-state index in [4.69, 9.17) is 4.74 Å². The summed E-state index contributed by atoms with van der Waals surface area (Å²) in [7, 11) is 0. The molecule has 1 saturated carbocycles. The molecular formula is C12H19N3O2. The lowest BCUT2D eigenvalue weighted by Crippen LogP contribution is -2.13. The Morgan fingerprint density at radius 1 is 1.59 bits per heavy atom. The first-order valence-electron chi connectivity index (χ1n) is 6.13. The molecule has 0 unspecified atom stereocenters. The monoisotopic (exact) mass is 237 g/mol. The van der Waals surface area contributed by atoms with Crippen molar-refractivity contribution in [3.8, 4) is 0 Å². The number of anilines is 1. The van der Waals surface area contributed by atoms with Gasteiger partial charge in [-0.25, -0.2) is 4.98 Å². The Morgan fingerprint density at radius 2 is 2.41 bits per heavy atom. The Bertz CT molecular complexity index is 412. The lowest BCUT2D eigenvalue weighted by Gasteiger charge is -2.06. The fourth-order valence-corrected chi connectivity index (χ4v) is 1.60. The molecule has 1 aromatic heterocycles. The fourth-order valence-electron chi connectivity index (χ4n) is 1.60. The van der Waals surface area contributed by atoms with Gasteiger partial charge in [-0.05, 0) is 32.1 Å². The van der Waals surface area contributed by atoms with Gasteiger partial charge in [0.15, 0.2) is 0 Å². The number of rotatable bonds is 7. The quantitative estimate of drug-likeness (QED) is 0.702. The topological polar surface area (TPSA) is 67.0 Å². The highest BCUT2D eigenvalue weighted by atomic mass is 16.5. The first-order chi connectivity index (χ1) is 8.24. The van der Waals surface area contributed by atoms with Crippen LogP contribution in [0.5, 0.6) is 0 Å². The third-order valence-corrected chi connectivity index (χ3v) is 2.68. The van der Waals surface area contributed by atoms with E-state index in [9.17, 15) is 4.79 Å². The van der Waals surface area contributed by atoms with Crippen molar-refractivity contribution in [2.75, 3.05) is 25.1 Å². The van der Waals surface area contributed by atoms with Gasteiger partial charge in [0, 0.05) is 25.8 Å². The highest BCUT2D eigenvalue weighted by Gasteiger charge is 2.20. The summed E-state index contributed by atoms with van der Waals surface area (Å²) in [4.78, 5) is 18.0. The zero-order chi connectivity index (χ0) is 12.1. The second-order valence-corrected chi connectivity index (χ2v) is 4.51. The van der Waals surface area contributed by atoms with Crippen molar-refractivity contribution in [1.29, 1.82) is 0 Å². The third-order valence-electron chi connectivity index (χ3n) is 2.68. The number of aryl methyl sites for hydroxylation is 1. The molecular weight excluding hydrogens is 218 g/mol. The number of nitrogens with zero attached hydrogens (tertiary/aromatic N) is 1. The first kappa shape index (κ1) is 12.1. The van der Waals surface area contributed by atoms with Crippen LogP contribution in [0, 0.1) is 12.8 Å². The largest absolute Gasteiger partial charge is 0.381 e. The Hall–Kier alpha value is -1.36. The molecule has 94 valence electrons. The molecule has 1 aliphatic carbocycles. The molecule has 0 radical (unpaired) electrons. The van der Waals surface area contributed by atoms with Crippen LogP contribution in [0.15, 0.2) is 10.9 Å². The average Bonchev–Trinajstić information content (AvgIpc) is 3.05. The van der Waals surface area contributed by atoms with Crippen molar-refractivity contribution in [2.24, 2.45) is 5.92 Å². The Balaban J connectivity index is 1.61. The minimum atomic E-state index is -0.120. The molecule has 1 aliphatic rings. The van der Waals surface area contributed by atoms with E-state index in [0.29, 0.717) is 11.6 Å². The van der Waals surface area contributed by atoms with Gasteiger partial charge in [0.1, 0.15) is 11.6 Å². The van der Waals surface area contributed by atoms with Gasteiger partial charge in [0.05, 0.1) is 0 Å². The molecule has 0 amide bonds. The van der Waals surface area contributed by atoms with Gasteiger partial charge in [-0.1, -0.05) is 0 Å². The van der Waals surface area contributed by atoms with Crippen molar-refractivity contribution in [1.82, 2.24) is 9.97 Å². The summed E-state index contributed by atoms with van der Waals surface area (Å²) in [5, 5.41) is 3.12. The summed E-state index contributed by atoms with van der Waals surface area (Å²) in [5.74, 6) is 2.08. The van der Waals surface area contributed by atoms with E-state index >= 15 is 0 Å². The van der Waals surface area contributed by atoms with Gasteiger partial charge < -0.3 is 15.0 Å². The lowest BCUT2D eigenvalue weighted by molar-refractivity contribution is 0.124. The summed E-state index contributed by atoms with van der Waals surface area (Å²) in [6.07, 6.45) is 3.59. The number of hydrogen-bond acceptors (Lipinski definition) is 4. The molecule has 1 aromatic rings. The summed E-state index contributed by atoms with van der Waals surface area (Å²) in [6.45, 7) is 4.22. The van der Waals surface area contributed by atoms with Gasteiger partial charge >= 0.3 is 0 Å². The summed E-state index contributed by atoms with van der Waals surface area (Å²) in [5.41, 5.74) is -0.120. The van der Waals surface area contributed by atoms with Crippen LogP contribution in [0.4, 0.5) is 5.82 Å². The molecule has 1 fully saturated rings. The van der Waals surface area contributed by atoms with Crippen LogP contribution in [0.2, 0.25) is 0 Å². The van der Waals surface area contributed by atoms with E-state index in [2.05, 4.69) is 15.3 Å². The maximum absolute atomic E-state index is 11.2. The van der Waals surface area contributed by atoms with Crippen LogP contribution in [-0.2, 0) is 4.74 Å². The number of aromatic amines is 1. The molecule has 0 saturated heterocycles. The molecule has 0 spiro atoms. The number of nitrogens with one attached hydrogen (secondary N) is 2. The minimum absolute atomic E-state index is 0.120. The van der Waals surface area contributed by atoms with Gasteiger partial charge in [0.2, 0.25) is 0 Å². The zero-order valence-electron chi connectivity index (χ0n) is 10.2. The predicted octanol–water partition coefficient (Wildman–Crippen LogP) is 1.31. The molecule has 2 N–H and O–H groups in total. The normalized spacial score (nSPS) is 14.9. The van der Waals surface area contributed by atoms with Crippen LogP contribution < -0.4 is 10.9 Å². The molecule has 5 nitrogen and oxygen atoms in total. The molecule has 17 heavy (non-hydrogen) atoms. The smallest absolute Gasteiger partial charge is 0.252 e. The molecule has 0 aliphatic heterocycles. The molecule has 2 rings (SSSR count). The molecule has 0 atom stereocenters. The van der Waals surface area contributed by atoms with E-state index in [-0.39, 0.29) is 5.56 Å². The highest BCUT2D eigenvalue weighted by molar-refractivity contribution is 5.32. The van der Waals surface area contributed by atoms with E-state index < -0.39 is 0 Å². The second kappa shape index (κ2) is 5.82. The Labute approximate surface area is 101 Å². The minimum Gasteiger partial charge on any atom is -0.381 e. The summed E-state index contributed by atoms with van der Waals surface area (Å²) < 4.78 is 5.51. The molecule has 5 heteroatoms. The molecule has 1 heterocycles. The van der Waals surface area contributed by atoms with Crippen LogP contribution in [0.1, 0.15) is 25.1 Å². The summed E-state index contributed by atoms with van der Waals surface area (Å²) >= 11 is 0. The van der Waals surface area contributed by atoms with E-state index in [0.717, 1.165) is 32.1 Å². The van der Waals surface area contributed by atoms with E-state index in [1.807, 2.05) is 0 Å². The number of ether oxygens (including phenoxy) is 1. The second-order valence-electron chi connectivity index (χ2n) is 4.51. The number of H-pyrrole nitrogens is 1. The Kier molecular flexibility index (Phi) is 4.14. The van der Waals surface area contributed by atoms with Crippen LogP contribution in [0.25, 0.3) is 0 Å². The van der Waals surface area contributed by atoms with Crippen molar-refractivity contribution in [3.63, 3.8) is 0 Å². The first-order valence-corrected chi connectivity index (χ1v) is 6.13. The van der Waals surface area contributed by atoms with Gasteiger partial charge in [-0.2, -0.15) is 0 Å². The van der Waals surface area contributed by atoms with Crippen LogP contribution in [-0.4, -0.2) is 29.7 Å². The fraction of sp³-hybridized carbons (Fsp3) is 0.667. The van der Waals surface area contributed by atoms with Gasteiger partial charge in [-0.15, -0.1) is 0 Å². The number of hydrogen-bond donors (Lipinski definition) is 2. The van der Waals surface area contributed by atoms with E-state index in [1.165, 1.54) is 18.9 Å². The molecule has 0 bridgehead atoms. The maximum atomic E-state index is 11.2. The number of aromatic nitrogens is 2. The highest BCUT2D eigenvalue weighted by Crippen LogP contribution is 2.28. The van der Waals surface area contributed by atoms with Crippen molar-refractivity contribution >= 4 is 5.82 Å². The van der Waals surface area contributed by atoms with Crippen molar-refractivity contribution in [2.45, 2.75) is 26.2 Å². The van der Waals surface area contributed by atoms with Crippen molar-refractivity contribution < 1.29 is 4.74 Å². The van der Waals surface area contributed by atoms with E-state index in [1.54, 1.807) is 6.92 Å². The van der Waals surface area contributed by atoms with Crippen molar-refractivity contribution in [3.05, 3.63) is 22.2 Å². The zero-order valence-corrected chi connectivity index (χ0v) is 10.2. The maximum Gasteiger partial charge on any atom is 0.252 e. The molecule has 0 aromatic carbocycles. The Morgan fingerprint density at radius 3 is 3.12 bits per heavy atom. The SMILES string of the molecule is Cc1nc(NCCCOCC2CC2)cc(=O)[nH]1. The third kappa shape index (κ3) is 4.56. The predicted molar refractivity (Wildman–Crippen MR) is 66.2 cm³/mol. The van der Waals surface area contributed by atoms with Gasteiger partial charge in [0.25, 0.3) is 5.56 Å². The van der Waals surface area contributed by atoms with Crippen LogP contribution in [0.3, 0.4) is 0 Å². The average molecular weight is 237 g/mol. The standard InChI is InChI=1S/C12H19N3O2/c1-9-14-11(7-12(16)15-9)13-5-2-6-17-8-10-3-4-10/h7,10H,2-6,8H2,1H3,(H2,13,14,15,16). The summed E-state index contributed by atoms with van der Waals surface area (Å²) in [6, 6.07) is 1.47. The van der Waals surface area contributed by atoms with Crippen LogP contribution >= 0.6 is 0 Å². The van der Waals surface area contributed by atoms with Gasteiger partial charge in [-0.3, -0.25) is 4.79 Å². The lowest BCUT2D eigenvalue weighted by atomic mass is 10.4.